The van der Waals surface area contributed by atoms with Crippen LogP contribution in [0.1, 0.15) is 17.3 Å². The molecule has 2 aromatic carbocycles. The van der Waals surface area contributed by atoms with E-state index in [1.807, 2.05) is 6.07 Å². The first kappa shape index (κ1) is 18.8. The molecule has 0 aliphatic carbocycles. The lowest BCUT2D eigenvalue weighted by atomic mass is 10.1. The third-order valence-corrected chi connectivity index (χ3v) is 3.94. The van der Waals surface area contributed by atoms with Crippen LogP contribution in [0.3, 0.4) is 0 Å². The molecular weight excluding hydrogens is 362 g/mol. The summed E-state index contributed by atoms with van der Waals surface area (Å²) in [6, 6.07) is 13.3. The van der Waals surface area contributed by atoms with Crippen molar-refractivity contribution in [1.29, 1.82) is 0 Å². The van der Waals surface area contributed by atoms with E-state index < -0.39 is 22.8 Å². The van der Waals surface area contributed by atoms with Gasteiger partial charge < -0.3 is 10.6 Å². The van der Waals surface area contributed by atoms with E-state index >= 15 is 0 Å². The summed E-state index contributed by atoms with van der Waals surface area (Å²) in [5.74, 6) is -0.993. The predicted molar refractivity (Wildman–Crippen MR) is 102 cm³/mol. The lowest BCUT2D eigenvalue weighted by Crippen LogP contribution is -2.41. The van der Waals surface area contributed by atoms with Crippen LogP contribution in [0.25, 0.3) is 5.69 Å². The first-order chi connectivity index (χ1) is 13.4. The number of benzene rings is 2. The van der Waals surface area contributed by atoms with Gasteiger partial charge in [0.05, 0.1) is 10.6 Å². The van der Waals surface area contributed by atoms with E-state index in [1.54, 1.807) is 41.3 Å². The Morgan fingerprint density at radius 3 is 2.64 bits per heavy atom. The van der Waals surface area contributed by atoms with Gasteiger partial charge in [0, 0.05) is 35.8 Å². The van der Waals surface area contributed by atoms with Gasteiger partial charge in [-0.3, -0.25) is 19.7 Å². The maximum Gasteiger partial charge on any atom is 0.270 e. The van der Waals surface area contributed by atoms with E-state index in [9.17, 15) is 19.7 Å². The molecule has 0 saturated carbocycles. The van der Waals surface area contributed by atoms with Crippen molar-refractivity contribution in [2.24, 2.45) is 0 Å². The highest BCUT2D eigenvalue weighted by Crippen LogP contribution is 2.15. The van der Waals surface area contributed by atoms with E-state index in [2.05, 4.69) is 15.7 Å². The van der Waals surface area contributed by atoms with Gasteiger partial charge in [-0.2, -0.15) is 5.10 Å². The number of carbonyl (C=O) groups is 2. The second-order valence-corrected chi connectivity index (χ2v) is 5.99. The average Bonchev–Trinajstić information content (AvgIpc) is 3.23. The van der Waals surface area contributed by atoms with Crippen LogP contribution in [0, 0.1) is 10.1 Å². The third kappa shape index (κ3) is 4.39. The molecule has 1 atom stereocenters. The molecule has 0 spiro atoms. The Morgan fingerprint density at radius 2 is 1.93 bits per heavy atom. The van der Waals surface area contributed by atoms with Gasteiger partial charge >= 0.3 is 0 Å². The first-order valence-corrected chi connectivity index (χ1v) is 8.40. The predicted octanol–water partition coefficient (Wildman–Crippen LogP) is 2.54. The van der Waals surface area contributed by atoms with Gasteiger partial charge in [-0.05, 0) is 37.3 Å². The number of hydrogen-bond acceptors (Lipinski definition) is 5. The Morgan fingerprint density at radius 1 is 1.14 bits per heavy atom. The SMILES string of the molecule is CC(NC(=O)c1cccc([N+](=O)[O-])c1)C(=O)Nc1cccc(-n2cccn2)c1. The number of anilines is 1. The molecule has 1 heterocycles. The summed E-state index contributed by atoms with van der Waals surface area (Å²) in [6.07, 6.45) is 3.43. The van der Waals surface area contributed by atoms with Crippen LogP contribution >= 0.6 is 0 Å². The number of nitrogens with zero attached hydrogens (tertiary/aromatic N) is 3. The number of aromatic nitrogens is 2. The Balaban J connectivity index is 1.65. The fourth-order valence-electron chi connectivity index (χ4n) is 2.50. The van der Waals surface area contributed by atoms with Gasteiger partial charge in [-0.1, -0.05) is 12.1 Å². The molecule has 3 aromatic rings. The van der Waals surface area contributed by atoms with Gasteiger partial charge in [-0.15, -0.1) is 0 Å². The second-order valence-electron chi connectivity index (χ2n) is 5.99. The van der Waals surface area contributed by atoms with E-state index in [0.717, 1.165) is 11.8 Å². The molecule has 0 saturated heterocycles. The molecule has 9 nitrogen and oxygen atoms in total. The lowest BCUT2D eigenvalue weighted by molar-refractivity contribution is -0.384. The largest absolute Gasteiger partial charge is 0.341 e. The lowest BCUT2D eigenvalue weighted by Gasteiger charge is -2.14. The van der Waals surface area contributed by atoms with Crippen molar-refractivity contribution in [3.05, 3.63) is 82.7 Å². The molecule has 3 rings (SSSR count). The molecule has 0 radical (unpaired) electrons. The minimum absolute atomic E-state index is 0.106. The molecule has 1 unspecified atom stereocenters. The Kier molecular flexibility index (Phi) is 5.45. The minimum atomic E-state index is -0.847. The maximum atomic E-state index is 12.4. The van der Waals surface area contributed by atoms with Gasteiger partial charge in [0.2, 0.25) is 5.91 Å². The molecule has 0 aliphatic rings. The van der Waals surface area contributed by atoms with Crippen molar-refractivity contribution in [1.82, 2.24) is 15.1 Å². The van der Waals surface area contributed by atoms with Crippen molar-refractivity contribution >= 4 is 23.2 Å². The summed E-state index contributed by atoms with van der Waals surface area (Å²) in [5.41, 5.74) is 1.24. The highest BCUT2D eigenvalue weighted by Gasteiger charge is 2.18. The Bertz CT molecular complexity index is 1020. The average molecular weight is 379 g/mol. The smallest absolute Gasteiger partial charge is 0.270 e. The topological polar surface area (TPSA) is 119 Å². The Hall–Kier alpha value is -4.01. The summed E-state index contributed by atoms with van der Waals surface area (Å²) in [7, 11) is 0. The number of non-ortho nitro benzene ring substituents is 1. The summed E-state index contributed by atoms with van der Waals surface area (Å²) in [5, 5.41) is 20.2. The molecule has 28 heavy (non-hydrogen) atoms. The molecule has 0 bridgehead atoms. The van der Waals surface area contributed by atoms with Crippen molar-refractivity contribution in [3.63, 3.8) is 0 Å². The highest BCUT2D eigenvalue weighted by molar-refractivity contribution is 6.01. The second kappa shape index (κ2) is 8.12. The molecule has 1 aromatic heterocycles. The van der Waals surface area contributed by atoms with E-state index in [4.69, 9.17) is 0 Å². The van der Waals surface area contributed by atoms with Crippen molar-refractivity contribution in [2.75, 3.05) is 5.32 Å². The van der Waals surface area contributed by atoms with E-state index in [0.29, 0.717) is 5.69 Å². The fraction of sp³-hybridized carbons (Fsp3) is 0.105. The molecular formula is C19H17N5O4. The van der Waals surface area contributed by atoms with Crippen LogP contribution < -0.4 is 10.6 Å². The van der Waals surface area contributed by atoms with Gasteiger partial charge in [0.25, 0.3) is 11.6 Å². The minimum Gasteiger partial charge on any atom is -0.341 e. The standard InChI is InChI=1S/C19H17N5O4/c1-13(21-19(26)14-5-2-8-17(11-14)24(27)28)18(25)22-15-6-3-7-16(12-15)23-10-4-9-20-23/h2-13H,1H3,(H,21,26)(H,22,25). The third-order valence-electron chi connectivity index (χ3n) is 3.94. The van der Waals surface area contributed by atoms with Crippen LogP contribution in [0.4, 0.5) is 11.4 Å². The summed E-state index contributed by atoms with van der Waals surface area (Å²) >= 11 is 0. The molecule has 0 fully saturated rings. The van der Waals surface area contributed by atoms with Crippen LogP contribution in [0.2, 0.25) is 0 Å². The quantitative estimate of drug-likeness (QED) is 0.504. The molecule has 9 heteroatoms. The molecule has 142 valence electrons. The van der Waals surface area contributed by atoms with Crippen LogP contribution in [0.15, 0.2) is 67.0 Å². The zero-order chi connectivity index (χ0) is 20.1. The van der Waals surface area contributed by atoms with Crippen LogP contribution in [-0.4, -0.2) is 32.6 Å². The van der Waals surface area contributed by atoms with E-state index in [-0.39, 0.29) is 11.3 Å². The Labute approximate surface area is 160 Å². The number of nitro benzene ring substituents is 1. The summed E-state index contributed by atoms with van der Waals surface area (Å²) < 4.78 is 1.66. The van der Waals surface area contributed by atoms with Crippen molar-refractivity contribution < 1.29 is 14.5 Å². The zero-order valence-corrected chi connectivity index (χ0v) is 14.9. The van der Waals surface area contributed by atoms with Crippen LogP contribution in [0.5, 0.6) is 0 Å². The number of hydrogen-bond donors (Lipinski definition) is 2. The fourth-order valence-corrected chi connectivity index (χ4v) is 2.50. The van der Waals surface area contributed by atoms with Gasteiger partial charge in [-0.25, -0.2) is 4.68 Å². The van der Waals surface area contributed by atoms with Crippen molar-refractivity contribution in [2.45, 2.75) is 13.0 Å². The summed E-state index contributed by atoms with van der Waals surface area (Å²) in [6.45, 7) is 1.53. The van der Waals surface area contributed by atoms with E-state index in [1.165, 1.54) is 25.1 Å². The maximum absolute atomic E-state index is 12.4. The molecule has 2 N–H and O–H groups in total. The number of carbonyl (C=O) groups excluding carboxylic acids is 2. The normalized spacial score (nSPS) is 11.5. The number of amides is 2. The molecule has 0 aliphatic heterocycles. The zero-order valence-electron chi connectivity index (χ0n) is 14.9. The van der Waals surface area contributed by atoms with Crippen LogP contribution in [-0.2, 0) is 4.79 Å². The monoisotopic (exact) mass is 379 g/mol. The summed E-state index contributed by atoms with van der Waals surface area (Å²) in [4.78, 5) is 34.9. The number of nitrogens with one attached hydrogen (secondary N) is 2. The van der Waals surface area contributed by atoms with Crippen molar-refractivity contribution in [3.8, 4) is 5.69 Å². The van der Waals surface area contributed by atoms with Gasteiger partial charge in [0.15, 0.2) is 0 Å². The molecule has 2 amide bonds. The number of nitro groups is 1. The highest BCUT2D eigenvalue weighted by atomic mass is 16.6. The number of rotatable bonds is 6. The van der Waals surface area contributed by atoms with Gasteiger partial charge in [0.1, 0.15) is 6.04 Å². The first-order valence-electron chi connectivity index (χ1n) is 8.40.